The summed E-state index contributed by atoms with van der Waals surface area (Å²) in [6.07, 6.45) is 8.38. The zero-order valence-electron chi connectivity index (χ0n) is 12.0. The molecule has 1 N–H and O–H groups in total. The molecule has 0 unspecified atom stereocenters. The van der Waals surface area contributed by atoms with Crippen molar-refractivity contribution in [3.63, 3.8) is 0 Å². The molecule has 0 aromatic rings. The van der Waals surface area contributed by atoms with Gasteiger partial charge in [0, 0.05) is 26.2 Å². The van der Waals surface area contributed by atoms with Crippen molar-refractivity contribution in [3.05, 3.63) is 0 Å². The molecule has 3 fully saturated rings. The van der Waals surface area contributed by atoms with Crippen LogP contribution in [0.4, 0.5) is 0 Å². The fraction of sp³-hybridized carbons (Fsp3) is 0.933. The van der Waals surface area contributed by atoms with E-state index < -0.39 is 0 Å². The first-order valence-electron chi connectivity index (χ1n) is 7.98. The monoisotopic (exact) mass is 265 g/mol. The summed E-state index contributed by atoms with van der Waals surface area (Å²) in [5.74, 6) is 0.337. The summed E-state index contributed by atoms with van der Waals surface area (Å²) in [7, 11) is 0. The molecule has 2 aliphatic heterocycles. The lowest BCUT2D eigenvalue weighted by atomic mass is 9.77. The van der Waals surface area contributed by atoms with Crippen molar-refractivity contribution >= 4 is 5.91 Å². The molecule has 4 nitrogen and oxygen atoms in total. The van der Waals surface area contributed by atoms with Crippen LogP contribution in [0.2, 0.25) is 0 Å². The van der Waals surface area contributed by atoms with Gasteiger partial charge in [-0.3, -0.25) is 9.69 Å². The number of carbonyl (C=O) groups excluding carboxylic acids is 1. The first-order valence-corrected chi connectivity index (χ1v) is 7.98. The Morgan fingerprint density at radius 2 is 1.58 bits per heavy atom. The molecule has 0 radical (unpaired) electrons. The van der Waals surface area contributed by atoms with Gasteiger partial charge in [-0.15, -0.1) is 0 Å². The van der Waals surface area contributed by atoms with E-state index in [1.165, 1.54) is 38.5 Å². The summed E-state index contributed by atoms with van der Waals surface area (Å²) >= 11 is 0. The van der Waals surface area contributed by atoms with Gasteiger partial charge in [0.1, 0.15) is 0 Å². The molecule has 1 amide bonds. The smallest absolute Gasteiger partial charge is 0.236 e. The molecule has 1 spiro atoms. The normalized spacial score (nSPS) is 27.9. The minimum Gasteiger partial charge on any atom is -0.339 e. The minimum absolute atomic E-state index is 0.337. The predicted molar refractivity (Wildman–Crippen MR) is 76.0 cm³/mol. The number of amides is 1. The van der Waals surface area contributed by atoms with E-state index in [0.717, 1.165) is 39.3 Å². The third kappa shape index (κ3) is 3.11. The molecule has 0 bridgehead atoms. The van der Waals surface area contributed by atoms with Gasteiger partial charge in [-0.1, -0.05) is 12.8 Å². The van der Waals surface area contributed by atoms with E-state index in [1.54, 1.807) is 0 Å². The molecule has 0 aromatic carbocycles. The van der Waals surface area contributed by atoms with Crippen LogP contribution in [-0.2, 0) is 4.79 Å². The average Bonchev–Trinajstić information content (AvgIpc) is 2.91. The molecule has 1 saturated carbocycles. The Kier molecular flexibility index (Phi) is 4.08. The molecular weight excluding hydrogens is 238 g/mol. The molecule has 2 heterocycles. The number of piperidine rings is 1. The quantitative estimate of drug-likeness (QED) is 0.811. The number of hydrogen-bond donors (Lipinski definition) is 1. The number of likely N-dealkylation sites (tertiary alicyclic amines) is 1. The number of carbonyl (C=O) groups is 1. The summed E-state index contributed by atoms with van der Waals surface area (Å²) in [5, 5.41) is 3.30. The van der Waals surface area contributed by atoms with E-state index in [0.29, 0.717) is 17.9 Å². The Balaban J connectivity index is 1.45. The highest BCUT2D eigenvalue weighted by Crippen LogP contribution is 2.45. The lowest BCUT2D eigenvalue weighted by Gasteiger charge is -2.40. The molecule has 19 heavy (non-hydrogen) atoms. The van der Waals surface area contributed by atoms with Gasteiger partial charge in [-0.05, 0) is 44.2 Å². The summed E-state index contributed by atoms with van der Waals surface area (Å²) in [6.45, 7) is 6.60. The summed E-state index contributed by atoms with van der Waals surface area (Å²) in [6, 6.07) is 0. The number of nitrogens with zero attached hydrogens (tertiary/aromatic N) is 2. The highest BCUT2D eigenvalue weighted by Gasteiger charge is 2.37. The molecule has 1 aliphatic carbocycles. The average molecular weight is 265 g/mol. The molecule has 0 aromatic heterocycles. The van der Waals surface area contributed by atoms with Crippen molar-refractivity contribution in [2.45, 2.75) is 38.5 Å². The van der Waals surface area contributed by atoms with E-state index in [-0.39, 0.29) is 0 Å². The first kappa shape index (κ1) is 13.4. The third-order valence-electron chi connectivity index (χ3n) is 5.41. The Morgan fingerprint density at radius 1 is 0.947 bits per heavy atom. The summed E-state index contributed by atoms with van der Waals surface area (Å²) in [5.41, 5.74) is 0.661. The van der Waals surface area contributed by atoms with Gasteiger partial charge in [0.25, 0.3) is 0 Å². The fourth-order valence-electron chi connectivity index (χ4n) is 4.02. The SMILES string of the molecule is O=C(CN1CCC2(CCCC2)CC1)N1CCNCC1. The van der Waals surface area contributed by atoms with Crippen LogP contribution in [0.15, 0.2) is 0 Å². The van der Waals surface area contributed by atoms with Crippen LogP contribution in [0.25, 0.3) is 0 Å². The molecular formula is C15H27N3O. The van der Waals surface area contributed by atoms with Gasteiger partial charge < -0.3 is 10.2 Å². The standard InChI is InChI=1S/C15H27N3O/c19-14(18-11-7-16-8-12-18)13-17-9-5-15(6-10-17)3-1-2-4-15/h16H,1-13H2. The van der Waals surface area contributed by atoms with Crippen LogP contribution in [0, 0.1) is 5.41 Å². The second kappa shape index (κ2) is 5.80. The fourth-order valence-corrected chi connectivity index (χ4v) is 4.02. The number of piperazine rings is 1. The van der Waals surface area contributed by atoms with Gasteiger partial charge in [0.2, 0.25) is 5.91 Å². The van der Waals surface area contributed by atoms with Crippen LogP contribution in [0.5, 0.6) is 0 Å². The summed E-state index contributed by atoms with van der Waals surface area (Å²) in [4.78, 5) is 16.6. The molecule has 4 heteroatoms. The van der Waals surface area contributed by atoms with E-state index in [9.17, 15) is 4.79 Å². The van der Waals surface area contributed by atoms with Crippen LogP contribution >= 0.6 is 0 Å². The van der Waals surface area contributed by atoms with E-state index in [2.05, 4.69) is 10.2 Å². The first-order chi connectivity index (χ1) is 9.27. The zero-order valence-corrected chi connectivity index (χ0v) is 12.0. The van der Waals surface area contributed by atoms with Crippen LogP contribution in [0.1, 0.15) is 38.5 Å². The van der Waals surface area contributed by atoms with Gasteiger partial charge >= 0.3 is 0 Å². The largest absolute Gasteiger partial charge is 0.339 e. The van der Waals surface area contributed by atoms with Crippen molar-refractivity contribution in [3.8, 4) is 0 Å². The number of hydrogen-bond acceptors (Lipinski definition) is 3. The Hall–Kier alpha value is -0.610. The van der Waals surface area contributed by atoms with Crippen molar-refractivity contribution in [2.75, 3.05) is 45.8 Å². The molecule has 3 aliphatic rings. The van der Waals surface area contributed by atoms with E-state index >= 15 is 0 Å². The number of nitrogens with one attached hydrogen (secondary N) is 1. The zero-order chi connectivity index (χ0) is 13.1. The maximum atomic E-state index is 12.2. The Labute approximate surface area is 116 Å². The minimum atomic E-state index is 0.337. The van der Waals surface area contributed by atoms with E-state index in [4.69, 9.17) is 0 Å². The highest BCUT2D eigenvalue weighted by atomic mass is 16.2. The molecule has 108 valence electrons. The van der Waals surface area contributed by atoms with Crippen molar-refractivity contribution in [2.24, 2.45) is 5.41 Å². The predicted octanol–water partition coefficient (Wildman–Crippen LogP) is 1.07. The third-order valence-corrected chi connectivity index (χ3v) is 5.41. The second-order valence-electron chi connectivity index (χ2n) is 6.61. The molecule has 2 saturated heterocycles. The maximum Gasteiger partial charge on any atom is 0.236 e. The second-order valence-corrected chi connectivity index (χ2v) is 6.61. The van der Waals surface area contributed by atoms with Gasteiger partial charge in [-0.2, -0.15) is 0 Å². The van der Waals surface area contributed by atoms with Crippen molar-refractivity contribution in [1.29, 1.82) is 0 Å². The van der Waals surface area contributed by atoms with E-state index in [1.807, 2.05) is 4.90 Å². The Morgan fingerprint density at radius 3 is 2.21 bits per heavy atom. The van der Waals surface area contributed by atoms with Crippen LogP contribution in [0.3, 0.4) is 0 Å². The molecule has 0 atom stereocenters. The van der Waals surface area contributed by atoms with Crippen LogP contribution in [-0.4, -0.2) is 61.5 Å². The van der Waals surface area contributed by atoms with Gasteiger partial charge in [-0.25, -0.2) is 0 Å². The van der Waals surface area contributed by atoms with Crippen molar-refractivity contribution in [1.82, 2.24) is 15.1 Å². The highest BCUT2D eigenvalue weighted by molar-refractivity contribution is 5.78. The topological polar surface area (TPSA) is 35.6 Å². The maximum absolute atomic E-state index is 12.2. The lowest BCUT2D eigenvalue weighted by molar-refractivity contribution is -0.133. The van der Waals surface area contributed by atoms with Crippen molar-refractivity contribution < 1.29 is 4.79 Å². The summed E-state index contributed by atoms with van der Waals surface area (Å²) < 4.78 is 0. The van der Waals surface area contributed by atoms with Crippen LogP contribution < -0.4 is 5.32 Å². The molecule has 3 rings (SSSR count). The number of rotatable bonds is 2. The lowest BCUT2D eigenvalue weighted by Crippen LogP contribution is -2.51. The van der Waals surface area contributed by atoms with Gasteiger partial charge in [0.05, 0.1) is 6.54 Å². The Bertz CT molecular complexity index is 309. The van der Waals surface area contributed by atoms with Gasteiger partial charge in [0.15, 0.2) is 0 Å².